The van der Waals surface area contributed by atoms with Crippen LogP contribution in [0.4, 0.5) is 11.4 Å². The van der Waals surface area contributed by atoms with Crippen molar-refractivity contribution in [3.63, 3.8) is 0 Å². The first-order valence-corrected chi connectivity index (χ1v) is 8.53. The lowest BCUT2D eigenvalue weighted by Crippen LogP contribution is -2.41. The van der Waals surface area contributed by atoms with E-state index in [1.807, 2.05) is 0 Å². The molecule has 0 aliphatic carbocycles. The molecule has 1 heterocycles. The lowest BCUT2D eigenvalue weighted by molar-refractivity contribution is -0.118. The maximum absolute atomic E-state index is 12.0. The molecule has 6 nitrogen and oxygen atoms in total. The minimum Gasteiger partial charge on any atom is -0.379 e. The zero-order valence-corrected chi connectivity index (χ0v) is 14.5. The van der Waals surface area contributed by atoms with Gasteiger partial charge in [0, 0.05) is 30.9 Å². The normalized spacial score (nSPS) is 15.3. The highest BCUT2D eigenvalue weighted by molar-refractivity contribution is 5.93. The highest BCUT2D eigenvalue weighted by Gasteiger charge is 2.14. The number of nitrogens with one attached hydrogen (secondary N) is 2. The van der Waals surface area contributed by atoms with Gasteiger partial charge in [-0.05, 0) is 36.6 Å². The third-order valence-corrected chi connectivity index (χ3v) is 3.87. The van der Waals surface area contributed by atoms with Crippen molar-refractivity contribution < 1.29 is 14.3 Å². The van der Waals surface area contributed by atoms with Crippen LogP contribution in [0.3, 0.4) is 0 Å². The number of carbonyl (C=O) groups excluding carboxylic acids is 2. The van der Waals surface area contributed by atoms with E-state index < -0.39 is 0 Å². The van der Waals surface area contributed by atoms with Gasteiger partial charge in [-0.25, -0.2) is 0 Å². The van der Waals surface area contributed by atoms with Crippen LogP contribution in [-0.4, -0.2) is 49.6 Å². The molecule has 1 aromatic rings. The summed E-state index contributed by atoms with van der Waals surface area (Å²) in [5, 5.41) is 5.75. The summed E-state index contributed by atoms with van der Waals surface area (Å²) < 4.78 is 5.27. The van der Waals surface area contributed by atoms with Crippen molar-refractivity contribution in [2.75, 3.05) is 43.5 Å². The van der Waals surface area contributed by atoms with E-state index in [9.17, 15) is 9.59 Å². The van der Waals surface area contributed by atoms with Gasteiger partial charge in [0.15, 0.2) is 0 Å². The third-order valence-electron chi connectivity index (χ3n) is 3.87. The molecule has 0 bridgehead atoms. The van der Waals surface area contributed by atoms with E-state index in [4.69, 9.17) is 4.74 Å². The number of carbonyl (C=O) groups is 2. The van der Waals surface area contributed by atoms with Crippen molar-refractivity contribution in [1.82, 2.24) is 4.90 Å². The van der Waals surface area contributed by atoms with Crippen molar-refractivity contribution in [1.29, 1.82) is 0 Å². The Labute approximate surface area is 143 Å². The Morgan fingerprint density at radius 2 is 1.58 bits per heavy atom. The topological polar surface area (TPSA) is 70.7 Å². The molecule has 0 spiro atoms. The van der Waals surface area contributed by atoms with Crippen LogP contribution < -0.4 is 10.6 Å². The van der Waals surface area contributed by atoms with Crippen LogP contribution in [-0.2, 0) is 14.3 Å². The van der Waals surface area contributed by atoms with Gasteiger partial charge in [0.05, 0.1) is 19.8 Å². The quantitative estimate of drug-likeness (QED) is 0.803. The summed E-state index contributed by atoms with van der Waals surface area (Å²) in [5.41, 5.74) is 1.48. The first-order chi connectivity index (χ1) is 11.5. The van der Waals surface area contributed by atoms with Crippen molar-refractivity contribution in [2.45, 2.75) is 26.7 Å². The third kappa shape index (κ3) is 6.68. The Morgan fingerprint density at radius 1 is 1.04 bits per heavy atom. The highest BCUT2D eigenvalue weighted by Crippen LogP contribution is 2.14. The van der Waals surface area contributed by atoms with Gasteiger partial charge in [0.25, 0.3) is 0 Å². The highest BCUT2D eigenvalue weighted by atomic mass is 16.5. The molecule has 1 aliphatic rings. The molecular formula is C18H27N3O3. The largest absolute Gasteiger partial charge is 0.379 e. The first-order valence-electron chi connectivity index (χ1n) is 8.53. The lowest BCUT2D eigenvalue weighted by Gasteiger charge is -2.25. The summed E-state index contributed by atoms with van der Waals surface area (Å²) >= 11 is 0. The van der Waals surface area contributed by atoms with Crippen LogP contribution in [0.1, 0.15) is 26.7 Å². The number of hydrogen-bond donors (Lipinski definition) is 2. The number of hydrogen-bond acceptors (Lipinski definition) is 4. The predicted octanol–water partition coefficient (Wildman–Crippen LogP) is 2.33. The average Bonchev–Trinajstić information content (AvgIpc) is 2.55. The number of benzene rings is 1. The Hall–Kier alpha value is -1.92. The Kier molecular flexibility index (Phi) is 7.21. The molecule has 1 saturated heterocycles. The van der Waals surface area contributed by atoms with Crippen molar-refractivity contribution in [3.05, 3.63) is 24.3 Å². The smallest absolute Gasteiger partial charge is 0.238 e. The number of ether oxygens (including phenoxy) is 1. The minimum atomic E-state index is -0.0365. The number of rotatable bonds is 7. The van der Waals surface area contributed by atoms with Crippen molar-refractivity contribution in [2.24, 2.45) is 5.92 Å². The molecule has 24 heavy (non-hydrogen) atoms. The van der Waals surface area contributed by atoms with E-state index >= 15 is 0 Å². The molecular weight excluding hydrogens is 306 g/mol. The maximum atomic E-state index is 12.0. The predicted molar refractivity (Wildman–Crippen MR) is 95.0 cm³/mol. The molecule has 6 heteroatoms. The monoisotopic (exact) mass is 333 g/mol. The Bertz CT molecular complexity index is 537. The van der Waals surface area contributed by atoms with Gasteiger partial charge < -0.3 is 15.4 Å². The molecule has 0 radical (unpaired) electrons. The van der Waals surface area contributed by atoms with Crippen LogP contribution in [0.5, 0.6) is 0 Å². The second kappa shape index (κ2) is 9.39. The molecule has 1 aromatic carbocycles. The fourth-order valence-corrected chi connectivity index (χ4v) is 2.44. The minimum absolute atomic E-state index is 0.0211. The van der Waals surface area contributed by atoms with E-state index in [1.165, 1.54) is 0 Å². The van der Waals surface area contributed by atoms with Gasteiger partial charge in [-0.3, -0.25) is 14.5 Å². The average molecular weight is 333 g/mol. The Balaban J connectivity index is 1.76. The zero-order valence-electron chi connectivity index (χ0n) is 14.5. The lowest BCUT2D eigenvalue weighted by atomic mass is 10.1. The molecule has 132 valence electrons. The second-order valence-corrected chi connectivity index (χ2v) is 6.49. The van der Waals surface area contributed by atoms with E-state index in [-0.39, 0.29) is 11.8 Å². The van der Waals surface area contributed by atoms with Gasteiger partial charge in [0.1, 0.15) is 0 Å². The summed E-state index contributed by atoms with van der Waals surface area (Å²) in [6.45, 7) is 7.50. The molecule has 2 N–H and O–H groups in total. The van der Waals surface area contributed by atoms with Crippen molar-refractivity contribution in [3.8, 4) is 0 Å². The molecule has 0 saturated carbocycles. The van der Waals surface area contributed by atoms with Gasteiger partial charge in [-0.1, -0.05) is 13.8 Å². The first kappa shape index (κ1) is 18.4. The molecule has 0 atom stereocenters. The van der Waals surface area contributed by atoms with Crippen molar-refractivity contribution >= 4 is 23.2 Å². The van der Waals surface area contributed by atoms with E-state index in [2.05, 4.69) is 29.4 Å². The van der Waals surface area contributed by atoms with Gasteiger partial charge in [-0.15, -0.1) is 0 Å². The van der Waals surface area contributed by atoms with Crippen LogP contribution >= 0.6 is 0 Å². The molecule has 2 amide bonds. The van der Waals surface area contributed by atoms with Crippen LogP contribution in [0.25, 0.3) is 0 Å². The summed E-state index contributed by atoms with van der Waals surface area (Å²) in [5.74, 6) is 0.498. The van der Waals surface area contributed by atoms with E-state index in [0.29, 0.717) is 32.1 Å². The summed E-state index contributed by atoms with van der Waals surface area (Å²) in [6, 6.07) is 7.21. The summed E-state index contributed by atoms with van der Waals surface area (Å²) in [7, 11) is 0. The van der Waals surface area contributed by atoms with Gasteiger partial charge in [0.2, 0.25) is 11.8 Å². The molecule has 2 rings (SSSR count). The number of morpholine rings is 1. The molecule has 0 unspecified atom stereocenters. The standard InChI is InChI=1S/C18H27N3O3/c1-14(2)3-8-17(22)19-15-4-6-16(7-5-15)20-18(23)13-21-9-11-24-12-10-21/h4-7,14H,3,8-13H2,1-2H3,(H,19,22)(H,20,23). The number of amides is 2. The van der Waals surface area contributed by atoms with E-state index in [1.54, 1.807) is 24.3 Å². The van der Waals surface area contributed by atoms with Crippen LogP contribution in [0, 0.1) is 5.92 Å². The van der Waals surface area contributed by atoms with Crippen LogP contribution in [0.15, 0.2) is 24.3 Å². The SMILES string of the molecule is CC(C)CCC(=O)Nc1ccc(NC(=O)CN2CCOCC2)cc1. The van der Waals surface area contributed by atoms with E-state index in [0.717, 1.165) is 30.9 Å². The summed E-state index contributed by atoms with van der Waals surface area (Å²) in [6.07, 6.45) is 1.40. The second-order valence-electron chi connectivity index (χ2n) is 6.49. The maximum Gasteiger partial charge on any atom is 0.238 e. The molecule has 0 aromatic heterocycles. The molecule has 1 aliphatic heterocycles. The Morgan fingerprint density at radius 3 is 2.12 bits per heavy atom. The molecule has 1 fully saturated rings. The fraction of sp³-hybridized carbons (Fsp3) is 0.556. The van der Waals surface area contributed by atoms with Gasteiger partial charge in [-0.2, -0.15) is 0 Å². The zero-order chi connectivity index (χ0) is 17.4. The number of nitrogens with zero attached hydrogens (tertiary/aromatic N) is 1. The number of anilines is 2. The summed E-state index contributed by atoms with van der Waals surface area (Å²) in [4.78, 5) is 25.9. The van der Waals surface area contributed by atoms with Crippen LogP contribution in [0.2, 0.25) is 0 Å². The fourth-order valence-electron chi connectivity index (χ4n) is 2.44. The van der Waals surface area contributed by atoms with Gasteiger partial charge >= 0.3 is 0 Å².